The normalized spacial score (nSPS) is 11.4. The third-order valence-corrected chi connectivity index (χ3v) is 2.73. The van der Waals surface area contributed by atoms with Gasteiger partial charge in [0.05, 0.1) is 0 Å². The van der Waals surface area contributed by atoms with Crippen LogP contribution in [0, 0.1) is 13.8 Å². The topological polar surface area (TPSA) is 22.1 Å². The number of aryl methyl sites for hydroxylation is 2. The summed E-state index contributed by atoms with van der Waals surface area (Å²) in [4.78, 5) is 4.19. The van der Waals surface area contributed by atoms with Gasteiger partial charge in [-0.2, -0.15) is 0 Å². The molecule has 0 bridgehead atoms. The second kappa shape index (κ2) is 4.91. The lowest BCUT2D eigenvalue weighted by Crippen LogP contribution is -2.16. The van der Waals surface area contributed by atoms with Crippen molar-refractivity contribution in [3.05, 3.63) is 47.8 Å². The van der Waals surface area contributed by atoms with Gasteiger partial charge in [-0.05, 0) is 43.2 Å². The standard InChI is InChI=1S/C14H12F3NO/c1-9-7-8-18-10(2)13(9)11-3-5-12(6-4-11)19-14(15,16)17/h3-8H,1-2H3. The van der Waals surface area contributed by atoms with Crippen molar-refractivity contribution >= 4 is 0 Å². The Morgan fingerprint density at radius 2 is 1.63 bits per heavy atom. The summed E-state index contributed by atoms with van der Waals surface area (Å²) in [6, 6.07) is 7.65. The number of benzene rings is 1. The van der Waals surface area contributed by atoms with E-state index < -0.39 is 6.36 Å². The SMILES string of the molecule is Cc1ccnc(C)c1-c1ccc(OC(F)(F)F)cc1. The first-order valence-electron chi connectivity index (χ1n) is 5.65. The maximum atomic E-state index is 12.1. The summed E-state index contributed by atoms with van der Waals surface area (Å²) in [5.41, 5.74) is 3.61. The summed E-state index contributed by atoms with van der Waals surface area (Å²) in [7, 11) is 0. The van der Waals surface area contributed by atoms with Crippen LogP contribution in [0.1, 0.15) is 11.3 Å². The van der Waals surface area contributed by atoms with Crippen LogP contribution >= 0.6 is 0 Å². The first-order chi connectivity index (χ1) is 8.87. The Hall–Kier alpha value is -2.04. The van der Waals surface area contributed by atoms with Gasteiger partial charge in [-0.3, -0.25) is 4.98 Å². The molecule has 1 aromatic heterocycles. The Kier molecular flexibility index (Phi) is 3.46. The average Bonchev–Trinajstić information content (AvgIpc) is 2.29. The van der Waals surface area contributed by atoms with E-state index in [2.05, 4.69) is 9.72 Å². The number of aromatic nitrogens is 1. The highest BCUT2D eigenvalue weighted by Crippen LogP contribution is 2.29. The van der Waals surface area contributed by atoms with Crippen LogP contribution in [-0.4, -0.2) is 11.3 Å². The maximum absolute atomic E-state index is 12.1. The molecular formula is C14H12F3NO. The van der Waals surface area contributed by atoms with Crippen LogP contribution in [0.3, 0.4) is 0 Å². The first-order valence-corrected chi connectivity index (χ1v) is 5.65. The average molecular weight is 267 g/mol. The minimum absolute atomic E-state index is 0.226. The molecule has 5 heteroatoms. The monoisotopic (exact) mass is 267 g/mol. The van der Waals surface area contributed by atoms with Crippen LogP contribution in [0.25, 0.3) is 11.1 Å². The molecule has 0 unspecified atom stereocenters. The first kappa shape index (κ1) is 13.4. The van der Waals surface area contributed by atoms with Gasteiger partial charge in [0, 0.05) is 17.5 Å². The molecule has 0 saturated carbocycles. The predicted molar refractivity (Wildman–Crippen MR) is 65.8 cm³/mol. The Balaban J connectivity index is 2.33. The molecule has 0 N–H and O–H groups in total. The molecule has 1 aromatic carbocycles. The van der Waals surface area contributed by atoms with Crippen LogP contribution in [0.2, 0.25) is 0 Å². The van der Waals surface area contributed by atoms with Gasteiger partial charge in [0.15, 0.2) is 0 Å². The lowest BCUT2D eigenvalue weighted by Gasteiger charge is -2.11. The van der Waals surface area contributed by atoms with E-state index in [9.17, 15) is 13.2 Å². The largest absolute Gasteiger partial charge is 0.573 e. The fourth-order valence-corrected chi connectivity index (χ4v) is 1.95. The zero-order chi connectivity index (χ0) is 14.0. The second-order valence-corrected chi connectivity index (χ2v) is 4.16. The lowest BCUT2D eigenvalue weighted by atomic mass is 10.00. The summed E-state index contributed by atoms with van der Waals surface area (Å²) in [6.07, 6.45) is -2.96. The van der Waals surface area contributed by atoms with E-state index in [4.69, 9.17) is 0 Å². The van der Waals surface area contributed by atoms with E-state index in [-0.39, 0.29) is 5.75 Å². The third-order valence-electron chi connectivity index (χ3n) is 2.73. The molecule has 0 aliphatic carbocycles. The minimum Gasteiger partial charge on any atom is -0.406 e. The molecule has 0 radical (unpaired) electrons. The van der Waals surface area contributed by atoms with Crippen LogP contribution in [-0.2, 0) is 0 Å². The molecule has 0 aliphatic rings. The summed E-state index contributed by atoms with van der Waals surface area (Å²) < 4.78 is 40.0. The van der Waals surface area contributed by atoms with Crippen LogP contribution < -0.4 is 4.74 Å². The van der Waals surface area contributed by atoms with Crippen molar-refractivity contribution < 1.29 is 17.9 Å². The van der Waals surface area contributed by atoms with Gasteiger partial charge in [0.25, 0.3) is 0 Å². The number of halogens is 3. The van der Waals surface area contributed by atoms with Gasteiger partial charge in [0.2, 0.25) is 0 Å². The van der Waals surface area contributed by atoms with Crippen LogP contribution in [0.15, 0.2) is 36.5 Å². The van der Waals surface area contributed by atoms with E-state index in [0.717, 1.165) is 22.4 Å². The van der Waals surface area contributed by atoms with Crippen molar-refractivity contribution in [3.63, 3.8) is 0 Å². The van der Waals surface area contributed by atoms with Gasteiger partial charge in [-0.1, -0.05) is 12.1 Å². The number of ether oxygens (including phenoxy) is 1. The van der Waals surface area contributed by atoms with Gasteiger partial charge < -0.3 is 4.74 Å². The highest BCUT2D eigenvalue weighted by molar-refractivity contribution is 5.69. The van der Waals surface area contributed by atoms with Gasteiger partial charge in [-0.15, -0.1) is 13.2 Å². The number of hydrogen-bond donors (Lipinski definition) is 0. The molecule has 2 aromatic rings. The Morgan fingerprint density at radius 1 is 1.00 bits per heavy atom. The number of alkyl halides is 3. The van der Waals surface area contributed by atoms with Gasteiger partial charge >= 0.3 is 6.36 Å². The highest BCUT2D eigenvalue weighted by Gasteiger charge is 2.30. The van der Waals surface area contributed by atoms with E-state index in [1.165, 1.54) is 12.1 Å². The Labute approximate surface area is 108 Å². The molecule has 0 amide bonds. The van der Waals surface area contributed by atoms with Crippen molar-refractivity contribution in [1.29, 1.82) is 0 Å². The summed E-state index contributed by atoms with van der Waals surface area (Å²) >= 11 is 0. The summed E-state index contributed by atoms with van der Waals surface area (Å²) in [5, 5.41) is 0. The van der Waals surface area contributed by atoms with Crippen molar-refractivity contribution in [2.45, 2.75) is 20.2 Å². The van der Waals surface area contributed by atoms with Crippen molar-refractivity contribution in [2.24, 2.45) is 0 Å². The van der Waals surface area contributed by atoms with E-state index in [0.29, 0.717) is 0 Å². The second-order valence-electron chi connectivity index (χ2n) is 4.16. The number of nitrogens with zero attached hydrogens (tertiary/aromatic N) is 1. The number of pyridine rings is 1. The zero-order valence-electron chi connectivity index (χ0n) is 10.5. The lowest BCUT2D eigenvalue weighted by molar-refractivity contribution is -0.274. The van der Waals surface area contributed by atoms with Gasteiger partial charge in [0.1, 0.15) is 5.75 Å². The zero-order valence-corrected chi connectivity index (χ0v) is 10.5. The summed E-state index contributed by atoms with van der Waals surface area (Å²) in [6.45, 7) is 3.80. The predicted octanol–water partition coefficient (Wildman–Crippen LogP) is 4.26. The number of hydrogen-bond acceptors (Lipinski definition) is 2. The number of rotatable bonds is 2. The van der Waals surface area contributed by atoms with E-state index >= 15 is 0 Å². The molecule has 0 spiro atoms. The van der Waals surface area contributed by atoms with E-state index in [1.807, 2.05) is 19.9 Å². The molecule has 0 atom stereocenters. The quantitative estimate of drug-likeness (QED) is 0.810. The highest BCUT2D eigenvalue weighted by atomic mass is 19.4. The molecule has 0 fully saturated rings. The van der Waals surface area contributed by atoms with Crippen LogP contribution in [0.4, 0.5) is 13.2 Å². The van der Waals surface area contributed by atoms with Crippen molar-refractivity contribution in [3.8, 4) is 16.9 Å². The van der Waals surface area contributed by atoms with Crippen molar-refractivity contribution in [2.75, 3.05) is 0 Å². The molecule has 19 heavy (non-hydrogen) atoms. The van der Waals surface area contributed by atoms with Crippen molar-refractivity contribution in [1.82, 2.24) is 4.98 Å². The van der Waals surface area contributed by atoms with Gasteiger partial charge in [-0.25, -0.2) is 0 Å². The molecule has 1 heterocycles. The Morgan fingerprint density at radius 3 is 2.16 bits per heavy atom. The fourth-order valence-electron chi connectivity index (χ4n) is 1.95. The molecule has 0 aliphatic heterocycles. The molecule has 2 nitrogen and oxygen atoms in total. The Bertz CT molecular complexity index is 556. The molecular weight excluding hydrogens is 255 g/mol. The van der Waals surface area contributed by atoms with E-state index in [1.54, 1.807) is 18.3 Å². The third kappa shape index (κ3) is 3.24. The molecule has 0 saturated heterocycles. The molecule has 100 valence electrons. The smallest absolute Gasteiger partial charge is 0.406 e. The summed E-state index contributed by atoms with van der Waals surface area (Å²) in [5.74, 6) is -0.226. The fraction of sp³-hybridized carbons (Fsp3) is 0.214. The van der Waals surface area contributed by atoms with Crippen LogP contribution in [0.5, 0.6) is 5.75 Å². The minimum atomic E-state index is -4.67. The maximum Gasteiger partial charge on any atom is 0.573 e. The molecule has 2 rings (SSSR count).